The Hall–Kier alpha value is -1.79. The standard InChI is InChI=1S/C12H16ClN3O3/c1-15-11(17)19-12(18)16-7-9(14)6-8-4-2-3-5-10(8)13/h2-5,9H,6-7,14H2,1H3,(H,15,17)(H,16,18)/t9-/m1/s1. The zero-order chi connectivity index (χ0) is 14.3. The molecule has 0 heterocycles. The third-order valence-electron chi connectivity index (χ3n) is 2.34. The quantitative estimate of drug-likeness (QED) is 0.726. The first-order chi connectivity index (χ1) is 9.02. The first-order valence-electron chi connectivity index (χ1n) is 5.69. The summed E-state index contributed by atoms with van der Waals surface area (Å²) >= 11 is 6.00. The number of rotatable bonds is 4. The van der Waals surface area contributed by atoms with Crippen LogP contribution in [0.1, 0.15) is 5.56 Å². The van der Waals surface area contributed by atoms with E-state index >= 15 is 0 Å². The van der Waals surface area contributed by atoms with Crippen molar-refractivity contribution in [1.82, 2.24) is 10.6 Å². The molecule has 0 aliphatic carbocycles. The van der Waals surface area contributed by atoms with Crippen molar-refractivity contribution in [3.8, 4) is 0 Å². The molecule has 0 aliphatic rings. The van der Waals surface area contributed by atoms with Crippen LogP contribution in [0.25, 0.3) is 0 Å². The molecule has 104 valence electrons. The number of carbonyl (C=O) groups excluding carboxylic acids is 2. The predicted molar refractivity (Wildman–Crippen MR) is 72.1 cm³/mol. The maximum Gasteiger partial charge on any atom is 0.416 e. The molecule has 0 aliphatic heterocycles. The molecule has 6 nitrogen and oxygen atoms in total. The van der Waals surface area contributed by atoms with Crippen LogP contribution >= 0.6 is 11.6 Å². The van der Waals surface area contributed by atoms with Crippen LogP contribution in [-0.2, 0) is 11.2 Å². The van der Waals surface area contributed by atoms with Crippen molar-refractivity contribution in [2.24, 2.45) is 5.73 Å². The number of hydrogen-bond donors (Lipinski definition) is 3. The predicted octanol–water partition coefficient (Wildman–Crippen LogP) is 1.28. The largest absolute Gasteiger partial charge is 0.416 e. The van der Waals surface area contributed by atoms with Crippen LogP contribution in [0.2, 0.25) is 5.02 Å². The van der Waals surface area contributed by atoms with Crippen LogP contribution in [0.5, 0.6) is 0 Å². The Labute approximate surface area is 116 Å². The Kier molecular flexibility index (Phi) is 6.11. The van der Waals surface area contributed by atoms with Crippen molar-refractivity contribution in [3.63, 3.8) is 0 Å². The van der Waals surface area contributed by atoms with Gasteiger partial charge in [0, 0.05) is 24.7 Å². The molecule has 0 aromatic heterocycles. The molecule has 0 saturated carbocycles. The summed E-state index contributed by atoms with van der Waals surface area (Å²) in [6.07, 6.45) is -1.15. The molecule has 0 fully saturated rings. The van der Waals surface area contributed by atoms with Crippen LogP contribution in [-0.4, -0.2) is 31.8 Å². The molecule has 19 heavy (non-hydrogen) atoms. The van der Waals surface area contributed by atoms with Crippen LogP contribution in [0.4, 0.5) is 9.59 Å². The van der Waals surface area contributed by atoms with Crippen LogP contribution in [0, 0.1) is 0 Å². The number of hydrogen-bond acceptors (Lipinski definition) is 4. The summed E-state index contributed by atoms with van der Waals surface area (Å²) < 4.78 is 4.34. The summed E-state index contributed by atoms with van der Waals surface area (Å²) in [5.41, 5.74) is 6.76. The van der Waals surface area contributed by atoms with Gasteiger partial charge in [-0.3, -0.25) is 0 Å². The molecule has 0 bridgehead atoms. The van der Waals surface area contributed by atoms with E-state index in [1.807, 2.05) is 18.2 Å². The number of alkyl carbamates (subject to hydrolysis) is 2. The molecule has 4 N–H and O–H groups in total. The third kappa shape index (κ3) is 5.58. The lowest BCUT2D eigenvalue weighted by Gasteiger charge is -2.13. The summed E-state index contributed by atoms with van der Waals surface area (Å²) in [6.45, 7) is 0.182. The Morgan fingerprint density at radius 1 is 1.37 bits per heavy atom. The van der Waals surface area contributed by atoms with Gasteiger partial charge in [-0.1, -0.05) is 29.8 Å². The molecule has 0 saturated heterocycles. The second-order valence-corrected chi connectivity index (χ2v) is 4.27. The maximum atomic E-state index is 11.2. The lowest BCUT2D eigenvalue weighted by Crippen LogP contribution is -2.40. The van der Waals surface area contributed by atoms with E-state index in [9.17, 15) is 9.59 Å². The molecule has 0 spiro atoms. The van der Waals surface area contributed by atoms with Gasteiger partial charge in [0.25, 0.3) is 0 Å². The van der Waals surface area contributed by atoms with Gasteiger partial charge in [-0.2, -0.15) is 0 Å². The van der Waals surface area contributed by atoms with E-state index in [-0.39, 0.29) is 12.6 Å². The van der Waals surface area contributed by atoms with E-state index in [4.69, 9.17) is 17.3 Å². The van der Waals surface area contributed by atoms with Crippen molar-refractivity contribution >= 4 is 23.8 Å². The van der Waals surface area contributed by atoms with E-state index < -0.39 is 12.2 Å². The molecule has 0 unspecified atom stereocenters. The zero-order valence-electron chi connectivity index (χ0n) is 10.5. The SMILES string of the molecule is CNC(=O)OC(=O)NC[C@H](N)Cc1ccccc1Cl. The maximum absolute atomic E-state index is 11.2. The monoisotopic (exact) mass is 285 g/mol. The number of nitrogens with one attached hydrogen (secondary N) is 2. The number of amides is 2. The van der Waals surface area contributed by atoms with E-state index in [1.54, 1.807) is 6.07 Å². The van der Waals surface area contributed by atoms with Gasteiger partial charge in [0.2, 0.25) is 0 Å². The van der Waals surface area contributed by atoms with Crippen molar-refractivity contribution in [2.45, 2.75) is 12.5 Å². The molecular weight excluding hydrogens is 270 g/mol. The summed E-state index contributed by atoms with van der Waals surface area (Å²) in [7, 11) is 1.36. The molecule has 0 radical (unpaired) electrons. The molecule has 2 amide bonds. The summed E-state index contributed by atoms with van der Waals surface area (Å²) in [5.74, 6) is 0. The normalized spacial score (nSPS) is 11.5. The highest BCUT2D eigenvalue weighted by Crippen LogP contribution is 2.15. The highest BCUT2D eigenvalue weighted by Gasteiger charge is 2.11. The van der Waals surface area contributed by atoms with Gasteiger partial charge in [0.05, 0.1) is 0 Å². The second-order valence-electron chi connectivity index (χ2n) is 3.86. The van der Waals surface area contributed by atoms with Gasteiger partial charge in [0.15, 0.2) is 0 Å². The number of nitrogens with two attached hydrogens (primary N) is 1. The van der Waals surface area contributed by atoms with Crippen LogP contribution < -0.4 is 16.4 Å². The topological polar surface area (TPSA) is 93.4 Å². The molecular formula is C12H16ClN3O3. The van der Waals surface area contributed by atoms with Crippen molar-refractivity contribution in [1.29, 1.82) is 0 Å². The van der Waals surface area contributed by atoms with Gasteiger partial charge < -0.3 is 21.1 Å². The zero-order valence-corrected chi connectivity index (χ0v) is 11.2. The van der Waals surface area contributed by atoms with Gasteiger partial charge in [-0.25, -0.2) is 9.59 Å². The van der Waals surface area contributed by atoms with Crippen molar-refractivity contribution in [3.05, 3.63) is 34.9 Å². The minimum atomic E-state index is -0.839. The molecule has 1 rings (SSSR count). The van der Waals surface area contributed by atoms with Gasteiger partial charge >= 0.3 is 12.2 Å². The molecule has 1 aromatic rings. The first-order valence-corrected chi connectivity index (χ1v) is 6.07. The highest BCUT2D eigenvalue weighted by atomic mass is 35.5. The minimum absolute atomic E-state index is 0.182. The Bertz CT molecular complexity index is 454. The van der Waals surface area contributed by atoms with Gasteiger partial charge in [0.1, 0.15) is 0 Å². The lowest BCUT2D eigenvalue weighted by atomic mass is 10.1. The average molecular weight is 286 g/mol. The fourth-order valence-corrected chi connectivity index (χ4v) is 1.62. The smallest absolute Gasteiger partial charge is 0.359 e. The van der Waals surface area contributed by atoms with Gasteiger partial charge in [-0.15, -0.1) is 0 Å². The van der Waals surface area contributed by atoms with E-state index in [0.717, 1.165) is 5.56 Å². The summed E-state index contributed by atoms with van der Waals surface area (Å²) in [6, 6.07) is 7.01. The Balaban J connectivity index is 2.36. The van der Waals surface area contributed by atoms with Crippen molar-refractivity contribution in [2.75, 3.05) is 13.6 Å². The molecule has 1 atom stereocenters. The fraction of sp³-hybridized carbons (Fsp3) is 0.333. The number of halogens is 1. The summed E-state index contributed by atoms with van der Waals surface area (Å²) in [5, 5.41) is 5.19. The highest BCUT2D eigenvalue weighted by molar-refractivity contribution is 6.31. The first kappa shape index (κ1) is 15.3. The summed E-state index contributed by atoms with van der Waals surface area (Å²) in [4.78, 5) is 21.9. The lowest BCUT2D eigenvalue weighted by molar-refractivity contribution is 0.151. The molecule has 1 aromatic carbocycles. The van der Waals surface area contributed by atoms with E-state index in [1.165, 1.54) is 7.05 Å². The van der Waals surface area contributed by atoms with E-state index in [0.29, 0.717) is 11.4 Å². The second kappa shape index (κ2) is 7.60. The Morgan fingerprint density at radius 3 is 2.68 bits per heavy atom. The van der Waals surface area contributed by atoms with E-state index in [2.05, 4.69) is 15.4 Å². The number of carbonyl (C=O) groups is 2. The van der Waals surface area contributed by atoms with Gasteiger partial charge in [-0.05, 0) is 18.1 Å². The fourth-order valence-electron chi connectivity index (χ4n) is 1.40. The van der Waals surface area contributed by atoms with Crippen LogP contribution in [0.3, 0.4) is 0 Å². The number of ether oxygens (including phenoxy) is 1. The molecule has 7 heteroatoms. The average Bonchev–Trinajstić information content (AvgIpc) is 2.39. The third-order valence-corrected chi connectivity index (χ3v) is 2.71. The Morgan fingerprint density at radius 2 is 2.05 bits per heavy atom. The van der Waals surface area contributed by atoms with Crippen LogP contribution in [0.15, 0.2) is 24.3 Å². The number of benzene rings is 1. The minimum Gasteiger partial charge on any atom is -0.359 e. The van der Waals surface area contributed by atoms with Crippen molar-refractivity contribution < 1.29 is 14.3 Å².